The van der Waals surface area contributed by atoms with Gasteiger partial charge in [0.05, 0.1) is 18.5 Å². The van der Waals surface area contributed by atoms with Gasteiger partial charge in [-0.15, -0.1) is 11.3 Å². The van der Waals surface area contributed by atoms with E-state index < -0.39 is 0 Å². The Balaban J connectivity index is 0.933. The summed E-state index contributed by atoms with van der Waals surface area (Å²) in [5.74, 6) is 0. The zero-order valence-corrected chi connectivity index (χ0v) is 31.3. The number of hydrogen-bond donors (Lipinski definition) is 3. The topological polar surface area (TPSA) is 49.2 Å². The van der Waals surface area contributed by atoms with E-state index in [9.17, 15) is 0 Å². The van der Waals surface area contributed by atoms with Crippen LogP contribution in [-0.4, -0.2) is 0 Å². The van der Waals surface area contributed by atoms with Gasteiger partial charge in [-0.1, -0.05) is 164 Å². The monoisotopic (exact) mass is 739 g/mol. The van der Waals surface area contributed by atoms with Crippen LogP contribution in [0.2, 0.25) is 0 Å². The van der Waals surface area contributed by atoms with Gasteiger partial charge in [-0.05, 0) is 68.8 Å². The first kappa shape index (κ1) is 33.0. The van der Waals surface area contributed by atoms with Crippen molar-refractivity contribution in [3.63, 3.8) is 0 Å². The van der Waals surface area contributed by atoms with Gasteiger partial charge in [0.15, 0.2) is 0 Å². The van der Waals surface area contributed by atoms with E-state index in [1.807, 2.05) is 17.4 Å². The lowest BCUT2D eigenvalue weighted by atomic mass is 9.95. The van der Waals surface area contributed by atoms with Gasteiger partial charge in [-0.2, -0.15) is 0 Å². The Morgan fingerprint density at radius 2 is 0.911 bits per heavy atom. The number of fused-ring (bicyclic) bond motifs is 7. The molecular weight excluding hydrogens is 703 g/mol. The quantitative estimate of drug-likeness (QED) is 0.159. The molecule has 56 heavy (non-hydrogen) atoms. The maximum atomic E-state index is 6.55. The minimum Gasteiger partial charge on any atom is -0.455 e. The van der Waals surface area contributed by atoms with Crippen molar-refractivity contribution in [3.8, 4) is 33.4 Å². The highest BCUT2D eigenvalue weighted by molar-refractivity contribution is 7.26. The molecule has 0 amide bonds. The molecule has 1 aliphatic heterocycles. The molecule has 3 heterocycles. The molecule has 3 N–H and O–H groups in total. The van der Waals surface area contributed by atoms with Crippen LogP contribution in [-0.2, 0) is 0 Å². The molecule has 0 bridgehead atoms. The van der Waals surface area contributed by atoms with Crippen LogP contribution in [0.25, 0.3) is 75.5 Å². The van der Waals surface area contributed by atoms with Crippen LogP contribution in [0.4, 0.5) is 0 Å². The first-order valence-electron chi connectivity index (χ1n) is 19.2. The Kier molecular flexibility index (Phi) is 8.11. The second-order valence-corrected chi connectivity index (χ2v) is 15.7. The molecule has 5 heteroatoms. The largest absolute Gasteiger partial charge is 0.455 e. The number of thiophene rings is 1. The van der Waals surface area contributed by atoms with E-state index in [4.69, 9.17) is 4.42 Å². The SMILES string of the molecule is c1ccc(-c2ccc(C3NC(c4ccccc4)NC(c4ccc(-c5cccc(-c6cc7c8ccccc8oc7c7c6sc6ccccc67)c5)cc4)N3)cc2)cc1. The summed E-state index contributed by atoms with van der Waals surface area (Å²) >= 11 is 1.84. The van der Waals surface area contributed by atoms with Crippen LogP contribution in [0, 0.1) is 0 Å². The van der Waals surface area contributed by atoms with Gasteiger partial charge >= 0.3 is 0 Å². The lowest BCUT2D eigenvalue weighted by molar-refractivity contribution is 0.203. The molecule has 3 unspecified atom stereocenters. The number of hydrogen-bond acceptors (Lipinski definition) is 5. The molecule has 4 nitrogen and oxygen atoms in total. The second kappa shape index (κ2) is 13.7. The second-order valence-electron chi connectivity index (χ2n) is 14.6. The summed E-state index contributed by atoms with van der Waals surface area (Å²) in [7, 11) is 0. The van der Waals surface area contributed by atoms with Gasteiger partial charge in [-0.25, -0.2) is 0 Å². The molecule has 1 fully saturated rings. The van der Waals surface area contributed by atoms with Gasteiger partial charge in [0.2, 0.25) is 0 Å². The molecule has 2 aromatic heterocycles. The van der Waals surface area contributed by atoms with Gasteiger partial charge in [0.1, 0.15) is 11.2 Å². The van der Waals surface area contributed by atoms with Gasteiger partial charge < -0.3 is 4.42 Å². The van der Waals surface area contributed by atoms with E-state index in [1.165, 1.54) is 70.2 Å². The highest BCUT2D eigenvalue weighted by Crippen LogP contribution is 2.47. The summed E-state index contributed by atoms with van der Waals surface area (Å²) in [6, 6.07) is 67.5. The Bertz CT molecular complexity index is 3010. The van der Waals surface area contributed by atoms with Crippen LogP contribution >= 0.6 is 11.3 Å². The fourth-order valence-electron chi connectivity index (χ4n) is 8.38. The van der Waals surface area contributed by atoms with Crippen molar-refractivity contribution in [3.05, 3.63) is 205 Å². The van der Waals surface area contributed by atoms with Crippen LogP contribution < -0.4 is 16.0 Å². The molecule has 1 saturated heterocycles. The molecule has 0 saturated carbocycles. The summed E-state index contributed by atoms with van der Waals surface area (Å²) in [6.45, 7) is 0. The predicted molar refractivity (Wildman–Crippen MR) is 233 cm³/mol. The molecule has 10 aromatic rings. The Morgan fingerprint density at radius 3 is 1.61 bits per heavy atom. The zero-order chi connectivity index (χ0) is 37.0. The van der Waals surface area contributed by atoms with Crippen LogP contribution in [0.15, 0.2) is 192 Å². The Hall–Kier alpha value is -6.34. The number of furan rings is 1. The minimum absolute atomic E-state index is 0.0342. The molecule has 0 radical (unpaired) electrons. The number of rotatable bonds is 6. The first-order chi connectivity index (χ1) is 27.7. The molecule has 8 aromatic carbocycles. The van der Waals surface area contributed by atoms with Crippen molar-refractivity contribution >= 4 is 53.4 Å². The number of para-hydroxylation sites is 1. The van der Waals surface area contributed by atoms with E-state index in [0.717, 1.165) is 21.9 Å². The lowest BCUT2D eigenvalue weighted by Crippen LogP contribution is -2.54. The van der Waals surface area contributed by atoms with Crippen molar-refractivity contribution in [1.82, 2.24) is 16.0 Å². The van der Waals surface area contributed by atoms with E-state index in [2.05, 4.69) is 198 Å². The summed E-state index contributed by atoms with van der Waals surface area (Å²) in [4.78, 5) is 0. The zero-order valence-electron chi connectivity index (χ0n) is 30.4. The van der Waals surface area contributed by atoms with E-state index in [-0.39, 0.29) is 18.5 Å². The summed E-state index contributed by atoms with van der Waals surface area (Å²) in [5.41, 5.74) is 12.7. The molecular formula is C51H37N3OS. The highest BCUT2D eigenvalue weighted by Gasteiger charge is 2.29. The van der Waals surface area contributed by atoms with Gasteiger partial charge in [-0.3, -0.25) is 16.0 Å². The van der Waals surface area contributed by atoms with Crippen molar-refractivity contribution in [2.75, 3.05) is 0 Å². The molecule has 268 valence electrons. The molecule has 0 spiro atoms. The maximum Gasteiger partial charge on any atom is 0.144 e. The van der Waals surface area contributed by atoms with Crippen molar-refractivity contribution in [2.24, 2.45) is 0 Å². The smallest absolute Gasteiger partial charge is 0.144 e. The van der Waals surface area contributed by atoms with Crippen molar-refractivity contribution < 1.29 is 4.42 Å². The van der Waals surface area contributed by atoms with Crippen LogP contribution in [0.1, 0.15) is 35.2 Å². The van der Waals surface area contributed by atoms with Crippen molar-refractivity contribution in [1.29, 1.82) is 0 Å². The molecule has 0 aliphatic carbocycles. The van der Waals surface area contributed by atoms with Crippen molar-refractivity contribution in [2.45, 2.75) is 18.5 Å². The van der Waals surface area contributed by atoms with E-state index in [1.54, 1.807) is 0 Å². The summed E-state index contributed by atoms with van der Waals surface area (Å²) in [6.07, 6.45) is -0.158. The lowest BCUT2D eigenvalue weighted by Gasteiger charge is -2.39. The standard InChI is InChI=1S/C51H37N3OS/c1-3-12-32(13-4-1)33-22-26-36(27-23-33)50-52-49(35-14-5-2-6-15-35)53-51(54-50)37-28-24-34(25-29-37)38-16-11-17-39(30-38)42-31-43-40-18-7-9-20-44(40)55-47(43)46-41-19-8-10-21-45(41)56-48(42)46/h1-31,49-54H. The Morgan fingerprint density at radius 1 is 0.393 bits per heavy atom. The highest BCUT2D eigenvalue weighted by atomic mass is 32.1. The number of benzene rings is 8. The third-order valence-electron chi connectivity index (χ3n) is 11.2. The summed E-state index contributed by atoms with van der Waals surface area (Å²) < 4.78 is 9.08. The van der Waals surface area contributed by atoms with Crippen LogP contribution in [0.3, 0.4) is 0 Å². The third-order valence-corrected chi connectivity index (χ3v) is 12.4. The van der Waals surface area contributed by atoms with Gasteiger partial charge in [0, 0.05) is 36.5 Å². The summed E-state index contributed by atoms with van der Waals surface area (Å²) in [5, 5.41) is 16.3. The first-order valence-corrected chi connectivity index (χ1v) is 20.0. The van der Waals surface area contributed by atoms with Crippen LogP contribution in [0.5, 0.6) is 0 Å². The average Bonchev–Trinajstić information content (AvgIpc) is 3.85. The third kappa shape index (κ3) is 5.81. The number of nitrogens with one attached hydrogen (secondary N) is 3. The fraction of sp³-hybridized carbons (Fsp3) is 0.0588. The predicted octanol–water partition coefficient (Wildman–Crippen LogP) is 13.1. The Labute approximate surface area is 329 Å². The fourth-order valence-corrected chi connectivity index (χ4v) is 9.62. The van der Waals surface area contributed by atoms with E-state index in [0.29, 0.717) is 0 Å². The molecule has 3 atom stereocenters. The maximum absolute atomic E-state index is 6.55. The van der Waals surface area contributed by atoms with E-state index >= 15 is 0 Å². The minimum atomic E-state index is -0.0709. The normalized spacial score (nSPS) is 17.2. The van der Waals surface area contributed by atoms with Gasteiger partial charge in [0.25, 0.3) is 0 Å². The molecule has 1 aliphatic rings. The molecule has 11 rings (SSSR count). The average molecular weight is 740 g/mol.